The lowest BCUT2D eigenvalue weighted by atomic mass is 9.82. The summed E-state index contributed by atoms with van der Waals surface area (Å²) in [5, 5.41) is 0. The SMILES string of the molecule is CCC1(CC)CCN(C(=O)c2cc(C)ccc2F)C1. The third kappa shape index (κ3) is 2.65. The number of nitrogens with zero attached hydrogens (tertiary/aromatic N) is 1. The Balaban J connectivity index is 2.20. The second kappa shape index (κ2) is 5.32. The van der Waals surface area contributed by atoms with E-state index in [0.717, 1.165) is 37.9 Å². The van der Waals surface area contributed by atoms with Crippen molar-refractivity contribution in [3.8, 4) is 0 Å². The lowest BCUT2D eigenvalue weighted by Gasteiger charge is -2.26. The van der Waals surface area contributed by atoms with Crippen molar-refractivity contribution in [2.45, 2.75) is 40.0 Å². The number of carbonyl (C=O) groups is 1. The third-order valence-corrected chi connectivity index (χ3v) is 4.58. The number of rotatable bonds is 3. The van der Waals surface area contributed by atoms with Crippen LogP contribution in [0, 0.1) is 18.2 Å². The van der Waals surface area contributed by atoms with E-state index in [9.17, 15) is 9.18 Å². The molecule has 1 fully saturated rings. The molecular formula is C16H22FNO. The molecule has 0 radical (unpaired) electrons. The largest absolute Gasteiger partial charge is 0.338 e. The molecule has 1 aliphatic heterocycles. The van der Waals surface area contributed by atoms with E-state index in [1.807, 2.05) is 11.8 Å². The Hall–Kier alpha value is -1.38. The summed E-state index contributed by atoms with van der Waals surface area (Å²) in [4.78, 5) is 14.2. The Kier molecular flexibility index (Phi) is 3.93. The van der Waals surface area contributed by atoms with E-state index in [1.54, 1.807) is 12.1 Å². The second-order valence-corrected chi connectivity index (χ2v) is 5.67. The summed E-state index contributed by atoms with van der Waals surface area (Å²) in [5.41, 5.74) is 1.36. The number of halogens is 1. The molecule has 3 heteroatoms. The zero-order valence-corrected chi connectivity index (χ0v) is 12.0. The van der Waals surface area contributed by atoms with Crippen LogP contribution in [0.1, 0.15) is 49.0 Å². The van der Waals surface area contributed by atoms with E-state index in [0.29, 0.717) is 0 Å². The van der Waals surface area contributed by atoms with Gasteiger partial charge in [-0.2, -0.15) is 0 Å². The number of benzene rings is 1. The Bertz CT molecular complexity index is 480. The maximum Gasteiger partial charge on any atom is 0.256 e. The lowest BCUT2D eigenvalue weighted by Crippen LogP contribution is -2.32. The number of carbonyl (C=O) groups excluding carboxylic acids is 1. The molecule has 0 atom stereocenters. The van der Waals surface area contributed by atoms with E-state index in [-0.39, 0.29) is 16.9 Å². The van der Waals surface area contributed by atoms with Crippen LogP contribution in [0.3, 0.4) is 0 Å². The van der Waals surface area contributed by atoms with Gasteiger partial charge in [-0.1, -0.05) is 25.5 Å². The van der Waals surface area contributed by atoms with Gasteiger partial charge >= 0.3 is 0 Å². The highest BCUT2D eigenvalue weighted by molar-refractivity contribution is 5.94. The number of amides is 1. The molecule has 1 aromatic rings. The zero-order valence-electron chi connectivity index (χ0n) is 12.0. The molecule has 1 aliphatic rings. The first-order valence-electron chi connectivity index (χ1n) is 7.07. The van der Waals surface area contributed by atoms with Crippen LogP contribution in [0.25, 0.3) is 0 Å². The summed E-state index contributed by atoms with van der Waals surface area (Å²) in [7, 11) is 0. The van der Waals surface area contributed by atoms with E-state index in [2.05, 4.69) is 13.8 Å². The minimum Gasteiger partial charge on any atom is -0.338 e. The average molecular weight is 263 g/mol. The molecule has 2 nitrogen and oxygen atoms in total. The monoisotopic (exact) mass is 263 g/mol. The number of aryl methyl sites for hydroxylation is 1. The Morgan fingerprint density at radius 3 is 2.63 bits per heavy atom. The first-order chi connectivity index (χ1) is 9.01. The highest BCUT2D eigenvalue weighted by Gasteiger charge is 2.37. The van der Waals surface area contributed by atoms with Crippen LogP contribution in [-0.4, -0.2) is 23.9 Å². The van der Waals surface area contributed by atoms with Crippen LogP contribution in [0.4, 0.5) is 4.39 Å². The minimum absolute atomic E-state index is 0.162. The van der Waals surface area contributed by atoms with Crippen molar-refractivity contribution in [2.75, 3.05) is 13.1 Å². The maximum absolute atomic E-state index is 13.8. The molecule has 2 rings (SSSR count). The van der Waals surface area contributed by atoms with Crippen molar-refractivity contribution >= 4 is 5.91 Å². The molecule has 0 aromatic heterocycles. The molecule has 104 valence electrons. The van der Waals surface area contributed by atoms with Crippen LogP contribution >= 0.6 is 0 Å². The first-order valence-corrected chi connectivity index (χ1v) is 7.07. The number of hydrogen-bond acceptors (Lipinski definition) is 1. The molecule has 0 aliphatic carbocycles. The summed E-state index contributed by atoms with van der Waals surface area (Å²) >= 11 is 0. The van der Waals surface area contributed by atoms with Crippen molar-refractivity contribution < 1.29 is 9.18 Å². The predicted molar refractivity (Wildman–Crippen MR) is 74.7 cm³/mol. The minimum atomic E-state index is -0.416. The lowest BCUT2D eigenvalue weighted by molar-refractivity contribution is 0.0765. The molecule has 1 aromatic carbocycles. The van der Waals surface area contributed by atoms with E-state index < -0.39 is 5.82 Å². The van der Waals surface area contributed by atoms with Crippen molar-refractivity contribution in [1.29, 1.82) is 0 Å². The summed E-state index contributed by atoms with van der Waals surface area (Å²) in [5.74, 6) is -0.578. The Morgan fingerprint density at radius 2 is 2.05 bits per heavy atom. The molecule has 1 heterocycles. The molecule has 0 unspecified atom stereocenters. The van der Waals surface area contributed by atoms with Crippen LogP contribution in [0.5, 0.6) is 0 Å². The highest BCUT2D eigenvalue weighted by Crippen LogP contribution is 2.37. The number of likely N-dealkylation sites (tertiary alicyclic amines) is 1. The van der Waals surface area contributed by atoms with Gasteiger partial charge in [0.25, 0.3) is 5.91 Å². The molecule has 19 heavy (non-hydrogen) atoms. The van der Waals surface area contributed by atoms with Crippen molar-refractivity contribution in [1.82, 2.24) is 4.90 Å². The zero-order chi connectivity index (χ0) is 14.0. The fraction of sp³-hybridized carbons (Fsp3) is 0.562. The fourth-order valence-electron chi connectivity index (χ4n) is 2.91. The quantitative estimate of drug-likeness (QED) is 0.812. The molecule has 1 amide bonds. The second-order valence-electron chi connectivity index (χ2n) is 5.67. The van der Waals surface area contributed by atoms with Crippen LogP contribution in [-0.2, 0) is 0 Å². The number of hydrogen-bond donors (Lipinski definition) is 0. The summed E-state index contributed by atoms with van der Waals surface area (Å²) in [6, 6.07) is 4.72. The highest BCUT2D eigenvalue weighted by atomic mass is 19.1. The van der Waals surface area contributed by atoms with Gasteiger partial charge in [0.2, 0.25) is 0 Å². The van der Waals surface area contributed by atoms with Gasteiger partial charge in [-0.05, 0) is 43.7 Å². The van der Waals surface area contributed by atoms with Gasteiger partial charge in [-0.15, -0.1) is 0 Å². The van der Waals surface area contributed by atoms with E-state index in [4.69, 9.17) is 0 Å². The summed E-state index contributed by atoms with van der Waals surface area (Å²) in [6.45, 7) is 7.72. The Morgan fingerprint density at radius 1 is 1.37 bits per heavy atom. The molecule has 0 bridgehead atoms. The summed E-state index contributed by atoms with van der Waals surface area (Å²) < 4.78 is 13.8. The third-order valence-electron chi connectivity index (χ3n) is 4.58. The van der Waals surface area contributed by atoms with Crippen molar-refractivity contribution in [2.24, 2.45) is 5.41 Å². The van der Waals surface area contributed by atoms with Crippen LogP contribution in [0.2, 0.25) is 0 Å². The molecule has 0 saturated carbocycles. The average Bonchev–Trinajstić information content (AvgIpc) is 2.86. The van der Waals surface area contributed by atoms with Gasteiger partial charge in [0, 0.05) is 13.1 Å². The van der Waals surface area contributed by atoms with Gasteiger partial charge in [-0.25, -0.2) is 4.39 Å². The van der Waals surface area contributed by atoms with Gasteiger partial charge in [0.1, 0.15) is 5.82 Å². The van der Waals surface area contributed by atoms with Crippen molar-refractivity contribution in [3.05, 3.63) is 35.1 Å². The summed E-state index contributed by atoms with van der Waals surface area (Å²) in [6.07, 6.45) is 3.17. The van der Waals surface area contributed by atoms with Gasteiger partial charge in [0.15, 0.2) is 0 Å². The van der Waals surface area contributed by atoms with Crippen LogP contribution in [0.15, 0.2) is 18.2 Å². The smallest absolute Gasteiger partial charge is 0.256 e. The molecule has 0 N–H and O–H groups in total. The predicted octanol–water partition coefficient (Wildman–Crippen LogP) is 3.79. The van der Waals surface area contributed by atoms with E-state index >= 15 is 0 Å². The molecule has 0 spiro atoms. The molecule has 1 saturated heterocycles. The molecular weight excluding hydrogens is 241 g/mol. The normalized spacial score (nSPS) is 17.8. The first kappa shape index (κ1) is 14.0. The van der Waals surface area contributed by atoms with Gasteiger partial charge < -0.3 is 4.90 Å². The topological polar surface area (TPSA) is 20.3 Å². The van der Waals surface area contributed by atoms with E-state index in [1.165, 1.54) is 6.07 Å². The standard InChI is InChI=1S/C16H22FNO/c1-4-16(5-2)8-9-18(11-16)15(19)13-10-12(3)6-7-14(13)17/h6-7,10H,4-5,8-9,11H2,1-3H3. The Labute approximate surface area is 114 Å². The maximum atomic E-state index is 13.8. The fourth-order valence-corrected chi connectivity index (χ4v) is 2.91. The van der Waals surface area contributed by atoms with Gasteiger partial charge in [-0.3, -0.25) is 4.79 Å². The van der Waals surface area contributed by atoms with Crippen LogP contribution < -0.4 is 0 Å². The van der Waals surface area contributed by atoms with Crippen molar-refractivity contribution in [3.63, 3.8) is 0 Å². The van der Waals surface area contributed by atoms with Gasteiger partial charge in [0.05, 0.1) is 5.56 Å².